The Morgan fingerprint density at radius 3 is 2.73 bits per heavy atom. The summed E-state index contributed by atoms with van der Waals surface area (Å²) in [5, 5.41) is 2.68. The summed E-state index contributed by atoms with van der Waals surface area (Å²) < 4.78 is 28.2. The number of amides is 1. The Labute approximate surface area is 136 Å². The fourth-order valence-corrected chi connectivity index (χ4v) is 5.49. The van der Waals surface area contributed by atoms with Gasteiger partial charge in [-0.2, -0.15) is 0 Å². The number of carbonyl (C=O) groups is 1. The molecule has 1 saturated carbocycles. The summed E-state index contributed by atoms with van der Waals surface area (Å²) in [4.78, 5) is 11.7. The Morgan fingerprint density at radius 1 is 1.32 bits per heavy atom. The van der Waals surface area contributed by atoms with Gasteiger partial charge in [-0.25, -0.2) is 13.1 Å². The van der Waals surface area contributed by atoms with Gasteiger partial charge in [-0.15, -0.1) is 11.3 Å². The highest BCUT2D eigenvalue weighted by Crippen LogP contribution is 2.31. The Kier molecular flexibility index (Phi) is 5.63. The molecule has 7 heteroatoms. The minimum absolute atomic E-state index is 0.00893. The van der Waals surface area contributed by atoms with Crippen molar-refractivity contribution in [2.75, 3.05) is 0 Å². The molecule has 1 aliphatic carbocycles. The molecule has 0 aromatic carbocycles. The van der Waals surface area contributed by atoms with Crippen LogP contribution in [0.3, 0.4) is 0 Å². The maximum absolute atomic E-state index is 12.5. The van der Waals surface area contributed by atoms with E-state index in [1.54, 1.807) is 12.1 Å². The molecule has 2 N–H and O–H groups in total. The van der Waals surface area contributed by atoms with Gasteiger partial charge in [0.25, 0.3) is 0 Å². The number of thiophene rings is 1. The van der Waals surface area contributed by atoms with Crippen molar-refractivity contribution in [3.8, 4) is 0 Å². The molecular formula is C15H24N2O3S2. The van der Waals surface area contributed by atoms with Crippen LogP contribution in [0.1, 0.15) is 44.9 Å². The maximum atomic E-state index is 12.5. The highest BCUT2D eigenvalue weighted by Gasteiger charge is 2.31. The fourth-order valence-electron chi connectivity index (χ4n) is 2.81. The van der Waals surface area contributed by atoms with Crippen LogP contribution in [0.15, 0.2) is 16.3 Å². The van der Waals surface area contributed by atoms with Gasteiger partial charge in [-0.3, -0.25) is 4.79 Å². The van der Waals surface area contributed by atoms with Gasteiger partial charge >= 0.3 is 0 Å². The summed E-state index contributed by atoms with van der Waals surface area (Å²) in [5.74, 6) is 0.767. The molecular weight excluding hydrogens is 320 g/mol. The van der Waals surface area contributed by atoms with Crippen molar-refractivity contribution < 1.29 is 13.2 Å². The van der Waals surface area contributed by atoms with E-state index in [2.05, 4.69) is 23.9 Å². The molecule has 1 heterocycles. The van der Waals surface area contributed by atoms with Gasteiger partial charge in [0, 0.05) is 17.8 Å². The van der Waals surface area contributed by atoms with Crippen LogP contribution in [-0.4, -0.2) is 20.4 Å². The molecule has 1 fully saturated rings. The van der Waals surface area contributed by atoms with E-state index in [0.29, 0.717) is 22.6 Å². The van der Waals surface area contributed by atoms with Gasteiger partial charge in [-0.05, 0) is 30.4 Å². The standard InChI is InChI=1S/C15H24N2O3S2/c1-10-5-4-6-14(11(10)2)17-22(19,20)15-8-7-13(21-15)9-16-12(3)18/h7-8,10-11,14,17H,4-6,9H2,1-3H3,(H,16,18). The first-order valence-corrected chi connectivity index (χ1v) is 9.95. The van der Waals surface area contributed by atoms with Gasteiger partial charge in [-0.1, -0.05) is 26.7 Å². The predicted octanol–water partition coefficient (Wildman–Crippen LogP) is 2.49. The summed E-state index contributed by atoms with van der Waals surface area (Å²) in [6.45, 7) is 6.11. The normalized spacial score (nSPS) is 25.9. The van der Waals surface area contributed by atoms with Crippen LogP contribution in [0.5, 0.6) is 0 Å². The number of hydrogen-bond donors (Lipinski definition) is 2. The maximum Gasteiger partial charge on any atom is 0.250 e. The van der Waals surface area contributed by atoms with Crippen molar-refractivity contribution in [3.63, 3.8) is 0 Å². The molecule has 0 radical (unpaired) electrons. The van der Waals surface area contributed by atoms with Crippen molar-refractivity contribution in [2.45, 2.75) is 56.8 Å². The molecule has 0 spiro atoms. The van der Waals surface area contributed by atoms with Crippen molar-refractivity contribution in [1.82, 2.24) is 10.0 Å². The molecule has 0 bridgehead atoms. The zero-order valence-electron chi connectivity index (χ0n) is 13.3. The molecule has 0 aliphatic heterocycles. The molecule has 3 unspecified atom stereocenters. The Hall–Kier alpha value is -0.920. The molecule has 124 valence electrons. The van der Waals surface area contributed by atoms with E-state index >= 15 is 0 Å². The first-order chi connectivity index (χ1) is 10.3. The second kappa shape index (κ2) is 7.10. The number of hydrogen-bond acceptors (Lipinski definition) is 4. The molecule has 1 aromatic rings. The van der Waals surface area contributed by atoms with E-state index in [0.717, 1.165) is 17.7 Å². The van der Waals surface area contributed by atoms with Gasteiger partial charge in [0.1, 0.15) is 4.21 Å². The highest BCUT2D eigenvalue weighted by atomic mass is 32.2. The van der Waals surface area contributed by atoms with E-state index in [-0.39, 0.29) is 11.9 Å². The van der Waals surface area contributed by atoms with E-state index in [9.17, 15) is 13.2 Å². The van der Waals surface area contributed by atoms with Crippen LogP contribution in [0.2, 0.25) is 0 Å². The van der Waals surface area contributed by atoms with Gasteiger partial charge in [0.05, 0.1) is 6.54 Å². The van der Waals surface area contributed by atoms with Gasteiger partial charge in [0.2, 0.25) is 15.9 Å². The van der Waals surface area contributed by atoms with Crippen molar-refractivity contribution in [3.05, 3.63) is 17.0 Å². The van der Waals surface area contributed by atoms with E-state index < -0.39 is 10.0 Å². The Morgan fingerprint density at radius 2 is 2.05 bits per heavy atom. The lowest BCUT2D eigenvalue weighted by Crippen LogP contribution is -2.43. The second-order valence-electron chi connectivity index (χ2n) is 6.13. The number of carbonyl (C=O) groups excluding carboxylic acids is 1. The van der Waals surface area contributed by atoms with E-state index in [4.69, 9.17) is 0 Å². The number of nitrogens with one attached hydrogen (secondary N) is 2. The van der Waals surface area contributed by atoms with E-state index in [1.165, 1.54) is 24.7 Å². The average molecular weight is 345 g/mol. The van der Waals surface area contributed by atoms with Crippen LogP contribution in [-0.2, 0) is 21.4 Å². The monoisotopic (exact) mass is 344 g/mol. The zero-order chi connectivity index (χ0) is 16.3. The van der Waals surface area contributed by atoms with Crippen LogP contribution >= 0.6 is 11.3 Å². The zero-order valence-corrected chi connectivity index (χ0v) is 14.9. The summed E-state index contributed by atoms with van der Waals surface area (Å²) in [6, 6.07) is 3.37. The van der Waals surface area contributed by atoms with Crippen LogP contribution in [0.4, 0.5) is 0 Å². The smallest absolute Gasteiger partial charge is 0.250 e. The highest BCUT2D eigenvalue weighted by molar-refractivity contribution is 7.91. The van der Waals surface area contributed by atoms with Crippen molar-refractivity contribution in [2.24, 2.45) is 11.8 Å². The molecule has 5 nitrogen and oxygen atoms in total. The summed E-state index contributed by atoms with van der Waals surface area (Å²) >= 11 is 1.21. The Balaban J connectivity index is 2.05. The van der Waals surface area contributed by atoms with Crippen LogP contribution in [0, 0.1) is 11.8 Å². The molecule has 1 amide bonds. The minimum atomic E-state index is -3.48. The topological polar surface area (TPSA) is 75.3 Å². The summed E-state index contributed by atoms with van der Waals surface area (Å²) in [6.07, 6.45) is 3.13. The molecule has 1 aliphatic rings. The van der Waals surface area contributed by atoms with Gasteiger partial charge in [0.15, 0.2) is 0 Å². The minimum Gasteiger partial charge on any atom is -0.351 e. The largest absolute Gasteiger partial charge is 0.351 e. The molecule has 1 aromatic heterocycles. The average Bonchev–Trinajstić information content (AvgIpc) is 2.91. The van der Waals surface area contributed by atoms with Crippen molar-refractivity contribution >= 4 is 27.3 Å². The van der Waals surface area contributed by atoms with Crippen molar-refractivity contribution in [1.29, 1.82) is 0 Å². The third-order valence-electron chi connectivity index (χ3n) is 4.43. The third kappa shape index (κ3) is 4.30. The van der Waals surface area contributed by atoms with Gasteiger partial charge < -0.3 is 5.32 Å². The summed E-state index contributed by atoms with van der Waals surface area (Å²) in [5.41, 5.74) is 0. The van der Waals surface area contributed by atoms with Crippen LogP contribution in [0.25, 0.3) is 0 Å². The van der Waals surface area contributed by atoms with E-state index in [1.807, 2.05) is 0 Å². The lowest BCUT2D eigenvalue weighted by molar-refractivity contribution is -0.119. The quantitative estimate of drug-likeness (QED) is 0.862. The summed E-state index contributed by atoms with van der Waals surface area (Å²) in [7, 11) is -3.48. The molecule has 0 saturated heterocycles. The SMILES string of the molecule is CC(=O)NCc1ccc(S(=O)(=O)NC2CCCC(C)C2C)s1. The molecule has 3 atom stereocenters. The number of rotatable bonds is 5. The second-order valence-corrected chi connectivity index (χ2v) is 9.23. The first-order valence-electron chi connectivity index (χ1n) is 7.65. The fraction of sp³-hybridized carbons (Fsp3) is 0.667. The third-order valence-corrected chi connectivity index (χ3v) is 7.49. The number of sulfonamides is 1. The lowest BCUT2D eigenvalue weighted by atomic mass is 9.78. The first kappa shape index (κ1) is 17.4. The molecule has 2 rings (SSSR count). The lowest BCUT2D eigenvalue weighted by Gasteiger charge is -2.34. The Bertz CT molecular complexity index is 624. The predicted molar refractivity (Wildman–Crippen MR) is 88.1 cm³/mol. The molecule has 22 heavy (non-hydrogen) atoms. The van der Waals surface area contributed by atoms with Crippen LogP contribution < -0.4 is 10.0 Å².